The number of anilines is 1. The van der Waals surface area contributed by atoms with Gasteiger partial charge in [-0.2, -0.15) is 0 Å². The molecule has 0 aliphatic heterocycles. The third-order valence-corrected chi connectivity index (χ3v) is 3.76. The van der Waals surface area contributed by atoms with Crippen molar-refractivity contribution in [2.75, 3.05) is 26.0 Å². The van der Waals surface area contributed by atoms with Crippen molar-refractivity contribution in [1.82, 2.24) is 5.32 Å². The normalized spacial score (nSPS) is 15.7. The van der Waals surface area contributed by atoms with Crippen LogP contribution in [0, 0.1) is 0 Å². The predicted molar refractivity (Wildman–Crippen MR) is 82.6 cm³/mol. The van der Waals surface area contributed by atoms with Gasteiger partial charge in [0, 0.05) is 18.3 Å². The predicted octanol–water partition coefficient (Wildman–Crippen LogP) is 2.36. The maximum Gasteiger partial charge on any atom is 0.255 e. The van der Waals surface area contributed by atoms with Crippen LogP contribution in [0.15, 0.2) is 18.2 Å². The quantitative estimate of drug-likeness (QED) is 0.623. The first-order chi connectivity index (χ1) is 10.2. The SMILES string of the molecule is COc1cc(N)ccc1C(=O)NCCOC1CCCCC1. The van der Waals surface area contributed by atoms with Gasteiger partial charge in [0.25, 0.3) is 5.91 Å². The average Bonchev–Trinajstić information content (AvgIpc) is 2.52. The van der Waals surface area contributed by atoms with Gasteiger partial charge in [-0.3, -0.25) is 4.79 Å². The van der Waals surface area contributed by atoms with Crippen LogP contribution >= 0.6 is 0 Å². The molecule has 0 bridgehead atoms. The van der Waals surface area contributed by atoms with E-state index < -0.39 is 0 Å². The van der Waals surface area contributed by atoms with Crippen molar-refractivity contribution in [1.29, 1.82) is 0 Å². The van der Waals surface area contributed by atoms with Crippen molar-refractivity contribution >= 4 is 11.6 Å². The Morgan fingerprint density at radius 3 is 2.81 bits per heavy atom. The van der Waals surface area contributed by atoms with Crippen LogP contribution < -0.4 is 15.8 Å². The number of rotatable bonds is 6. The summed E-state index contributed by atoms with van der Waals surface area (Å²) in [5, 5.41) is 2.85. The summed E-state index contributed by atoms with van der Waals surface area (Å²) in [6.45, 7) is 1.05. The van der Waals surface area contributed by atoms with Gasteiger partial charge in [-0.25, -0.2) is 0 Å². The minimum atomic E-state index is -0.168. The number of carbonyl (C=O) groups is 1. The molecule has 1 aromatic carbocycles. The molecule has 1 aromatic rings. The molecule has 0 saturated heterocycles. The van der Waals surface area contributed by atoms with Crippen LogP contribution in [0.4, 0.5) is 5.69 Å². The van der Waals surface area contributed by atoms with Crippen molar-refractivity contribution in [2.24, 2.45) is 0 Å². The summed E-state index contributed by atoms with van der Waals surface area (Å²) in [4.78, 5) is 12.1. The van der Waals surface area contributed by atoms with E-state index in [2.05, 4.69) is 5.32 Å². The Morgan fingerprint density at radius 2 is 2.10 bits per heavy atom. The van der Waals surface area contributed by atoms with E-state index in [1.54, 1.807) is 18.2 Å². The number of carbonyl (C=O) groups excluding carboxylic acids is 1. The Bertz CT molecular complexity index is 471. The second-order valence-electron chi connectivity index (χ2n) is 5.35. The number of methoxy groups -OCH3 is 1. The zero-order chi connectivity index (χ0) is 15.1. The molecule has 1 fully saturated rings. The lowest BCUT2D eigenvalue weighted by molar-refractivity contribution is 0.0299. The highest BCUT2D eigenvalue weighted by atomic mass is 16.5. The molecule has 5 heteroatoms. The number of nitrogens with two attached hydrogens (primary N) is 1. The highest BCUT2D eigenvalue weighted by Gasteiger charge is 2.14. The smallest absolute Gasteiger partial charge is 0.255 e. The number of nitrogen functional groups attached to an aromatic ring is 1. The Kier molecular flexibility index (Phi) is 5.87. The van der Waals surface area contributed by atoms with Crippen molar-refractivity contribution < 1.29 is 14.3 Å². The molecule has 1 amide bonds. The van der Waals surface area contributed by atoms with Crippen LogP contribution in [-0.2, 0) is 4.74 Å². The summed E-state index contributed by atoms with van der Waals surface area (Å²) < 4.78 is 11.0. The molecule has 116 valence electrons. The number of hydrogen-bond acceptors (Lipinski definition) is 4. The fourth-order valence-corrected chi connectivity index (χ4v) is 2.61. The summed E-state index contributed by atoms with van der Waals surface area (Å²) in [5.74, 6) is 0.319. The van der Waals surface area contributed by atoms with E-state index in [1.165, 1.54) is 26.4 Å². The summed E-state index contributed by atoms with van der Waals surface area (Å²) in [7, 11) is 1.53. The van der Waals surface area contributed by atoms with Gasteiger partial charge < -0.3 is 20.5 Å². The minimum absolute atomic E-state index is 0.168. The molecule has 0 spiro atoms. The van der Waals surface area contributed by atoms with Crippen molar-refractivity contribution in [3.8, 4) is 5.75 Å². The highest BCUT2D eigenvalue weighted by Crippen LogP contribution is 2.21. The van der Waals surface area contributed by atoms with E-state index >= 15 is 0 Å². The highest BCUT2D eigenvalue weighted by molar-refractivity contribution is 5.97. The number of hydrogen-bond donors (Lipinski definition) is 2. The van der Waals surface area contributed by atoms with Crippen LogP contribution in [0.3, 0.4) is 0 Å². The van der Waals surface area contributed by atoms with Gasteiger partial charge in [-0.15, -0.1) is 0 Å². The second kappa shape index (κ2) is 7.88. The molecule has 1 saturated carbocycles. The van der Waals surface area contributed by atoms with Gasteiger partial charge >= 0.3 is 0 Å². The lowest BCUT2D eigenvalue weighted by atomic mass is 9.98. The Balaban J connectivity index is 1.76. The molecule has 0 aromatic heterocycles. The van der Waals surface area contributed by atoms with E-state index in [-0.39, 0.29) is 5.91 Å². The monoisotopic (exact) mass is 292 g/mol. The lowest BCUT2D eigenvalue weighted by Gasteiger charge is -2.22. The summed E-state index contributed by atoms with van der Waals surface area (Å²) >= 11 is 0. The van der Waals surface area contributed by atoms with Crippen LogP contribution in [-0.4, -0.2) is 32.3 Å². The number of nitrogens with one attached hydrogen (secondary N) is 1. The van der Waals surface area contributed by atoms with E-state index in [0.29, 0.717) is 36.3 Å². The van der Waals surface area contributed by atoms with Crippen LogP contribution in [0.5, 0.6) is 5.75 Å². The topological polar surface area (TPSA) is 73.6 Å². The minimum Gasteiger partial charge on any atom is -0.496 e. The van der Waals surface area contributed by atoms with E-state index in [4.69, 9.17) is 15.2 Å². The molecular weight excluding hydrogens is 268 g/mol. The third-order valence-electron chi connectivity index (χ3n) is 3.76. The van der Waals surface area contributed by atoms with Gasteiger partial charge in [0.05, 0.1) is 25.4 Å². The van der Waals surface area contributed by atoms with Gasteiger partial charge in [-0.05, 0) is 25.0 Å². The molecule has 1 aliphatic rings. The van der Waals surface area contributed by atoms with Gasteiger partial charge in [0.1, 0.15) is 5.75 Å². The molecule has 3 N–H and O–H groups in total. The van der Waals surface area contributed by atoms with Gasteiger partial charge in [0.15, 0.2) is 0 Å². The molecule has 1 aliphatic carbocycles. The molecular formula is C16H24N2O3. The Morgan fingerprint density at radius 1 is 1.33 bits per heavy atom. The molecule has 0 atom stereocenters. The standard InChI is InChI=1S/C16H24N2O3/c1-20-15-11-12(17)7-8-14(15)16(19)18-9-10-21-13-5-3-2-4-6-13/h7-8,11,13H,2-6,9-10,17H2,1H3,(H,18,19). The average molecular weight is 292 g/mol. The number of benzene rings is 1. The summed E-state index contributed by atoms with van der Waals surface area (Å²) in [5.41, 5.74) is 6.74. The van der Waals surface area contributed by atoms with Crippen LogP contribution in [0.25, 0.3) is 0 Å². The lowest BCUT2D eigenvalue weighted by Crippen LogP contribution is -2.29. The first-order valence-corrected chi connectivity index (χ1v) is 7.54. The zero-order valence-corrected chi connectivity index (χ0v) is 12.6. The fourth-order valence-electron chi connectivity index (χ4n) is 2.61. The van der Waals surface area contributed by atoms with Crippen molar-refractivity contribution in [2.45, 2.75) is 38.2 Å². The van der Waals surface area contributed by atoms with E-state index in [0.717, 1.165) is 12.8 Å². The molecule has 5 nitrogen and oxygen atoms in total. The second-order valence-corrected chi connectivity index (χ2v) is 5.35. The van der Waals surface area contributed by atoms with Gasteiger partial charge in [0.2, 0.25) is 0 Å². The summed E-state index contributed by atoms with van der Waals surface area (Å²) in [6, 6.07) is 5.01. The molecule has 0 radical (unpaired) electrons. The van der Waals surface area contributed by atoms with Crippen LogP contribution in [0.2, 0.25) is 0 Å². The maximum absolute atomic E-state index is 12.1. The Hall–Kier alpha value is -1.75. The Labute approximate surface area is 125 Å². The molecule has 21 heavy (non-hydrogen) atoms. The van der Waals surface area contributed by atoms with E-state index in [9.17, 15) is 4.79 Å². The first kappa shape index (κ1) is 15.6. The van der Waals surface area contributed by atoms with Crippen LogP contribution in [0.1, 0.15) is 42.5 Å². The van der Waals surface area contributed by atoms with E-state index in [1.807, 2.05) is 0 Å². The van der Waals surface area contributed by atoms with Crippen molar-refractivity contribution in [3.63, 3.8) is 0 Å². The number of amides is 1. The first-order valence-electron chi connectivity index (χ1n) is 7.54. The molecule has 2 rings (SSSR count). The maximum atomic E-state index is 12.1. The molecule has 0 unspecified atom stereocenters. The van der Waals surface area contributed by atoms with Gasteiger partial charge in [-0.1, -0.05) is 19.3 Å². The fraction of sp³-hybridized carbons (Fsp3) is 0.562. The molecule has 0 heterocycles. The summed E-state index contributed by atoms with van der Waals surface area (Å²) in [6.07, 6.45) is 6.45. The third kappa shape index (κ3) is 4.63. The number of ether oxygens (including phenoxy) is 2. The largest absolute Gasteiger partial charge is 0.496 e. The van der Waals surface area contributed by atoms with Crippen molar-refractivity contribution in [3.05, 3.63) is 23.8 Å². The zero-order valence-electron chi connectivity index (χ0n) is 12.6.